The van der Waals surface area contributed by atoms with Crippen molar-refractivity contribution in [2.75, 3.05) is 0 Å². The molecular formula is C15H18BrN3O2. The van der Waals surface area contributed by atoms with E-state index in [4.69, 9.17) is 5.73 Å². The van der Waals surface area contributed by atoms with Gasteiger partial charge in [-0.2, -0.15) is 0 Å². The largest absolute Gasteiger partial charge is 0.350 e. The van der Waals surface area contributed by atoms with E-state index in [1.54, 1.807) is 6.07 Å². The van der Waals surface area contributed by atoms with Gasteiger partial charge >= 0.3 is 0 Å². The normalized spacial score (nSPS) is 12.3. The Morgan fingerprint density at radius 1 is 1.43 bits per heavy atom. The van der Waals surface area contributed by atoms with Gasteiger partial charge in [0.15, 0.2) is 0 Å². The number of rotatable bonds is 6. The molecule has 1 unspecified atom stereocenters. The van der Waals surface area contributed by atoms with Gasteiger partial charge < -0.3 is 10.3 Å². The molecule has 1 atom stereocenters. The topological polar surface area (TPSA) is 74.1 Å². The van der Waals surface area contributed by atoms with Gasteiger partial charge in [0, 0.05) is 31.0 Å². The second-order valence-electron chi connectivity index (χ2n) is 5.07. The summed E-state index contributed by atoms with van der Waals surface area (Å²) in [6.07, 6.45) is 5.81. The summed E-state index contributed by atoms with van der Waals surface area (Å²) >= 11 is 3.32. The third kappa shape index (κ3) is 3.92. The minimum absolute atomic E-state index is 0.0906. The zero-order valence-corrected chi connectivity index (χ0v) is 13.4. The van der Waals surface area contributed by atoms with Crippen LogP contribution in [0.25, 0.3) is 0 Å². The van der Waals surface area contributed by atoms with E-state index >= 15 is 0 Å². The van der Waals surface area contributed by atoms with Gasteiger partial charge in [0.1, 0.15) is 4.47 Å². The first-order valence-corrected chi connectivity index (χ1v) is 7.62. The summed E-state index contributed by atoms with van der Waals surface area (Å²) in [4.78, 5) is 10.6. The quantitative estimate of drug-likeness (QED) is 0.639. The number of halogens is 1. The van der Waals surface area contributed by atoms with Crippen LogP contribution in [-0.4, -0.2) is 15.5 Å². The predicted octanol–water partition coefficient (Wildman–Crippen LogP) is 3.49. The van der Waals surface area contributed by atoms with Gasteiger partial charge in [-0.15, -0.1) is 0 Å². The smallest absolute Gasteiger partial charge is 0.283 e. The Kier molecular flexibility index (Phi) is 5.14. The lowest BCUT2D eigenvalue weighted by Gasteiger charge is -2.07. The van der Waals surface area contributed by atoms with Crippen LogP contribution in [0.5, 0.6) is 0 Å². The van der Waals surface area contributed by atoms with Crippen molar-refractivity contribution in [3.63, 3.8) is 0 Å². The van der Waals surface area contributed by atoms with Gasteiger partial charge in [-0.1, -0.05) is 19.1 Å². The molecule has 21 heavy (non-hydrogen) atoms. The second kappa shape index (κ2) is 6.87. The average Bonchev–Trinajstić information content (AvgIpc) is 2.88. The fourth-order valence-electron chi connectivity index (χ4n) is 2.18. The molecule has 6 heteroatoms. The maximum atomic E-state index is 10.9. The molecule has 2 aromatic rings. The Balaban J connectivity index is 2.15. The SMILES string of the molecule is CCC(N)Cc1ccn(Cc2cccc([N+](=O)[O-])c2Br)c1. The van der Waals surface area contributed by atoms with E-state index in [0.29, 0.717) is 11.0 Å². The van der Waals surface area contributed by atoms with Crippen molar-refractivity contribution < 1.29 is 4.92 Å². The highest BCUT2D eigenvalue weighted by Crippen LogP contribution is 2.28. The number of aromatic nitrogens is 1. The van der Waals surface area contributed by atoms with Crippen molar-refractivity contribution in [2.45, 2.75) is 32.4 Å². The monoisotopic (exact) mass is 351 g/mol. The van der Waals surface area contributed by atoms with Crippen LogP contribution in [0.15, 0.2) is 41.1 Å². The van der Waals surface area contributed by atoms with E-state index in [1.165, 1.54) is 11.6 Å². The molecule has 0 saturated carbocycles. The first-order chi connectivity index (χ1) is 10.0. The molecule has 2 N–H and O–H groups in total. The first-order valence-electron chi connectivity index (χ1n) is 6.83. The van der Waals surface area contributed by atoms with Gasteiger partial charge in [-0.3, -0.25) is 10.1 Å². The predicted molar refractivity (Wildman–Crippen MR) is 86.3 cm³/mol. The van der Waals surface area contributed by atoms with Gasteiger partial charge in [0.05, 0.1) is 4.92 Å². The number of hydrogen-bond donors (Lipinski definition) is 1. The molecule has 0 saturated heterocycles. The molecule has 0 radical (unpaired) electrons. The third-order valence-electron chi connectivity index (χ3n) is 3.44. The molecule has 1 heterocycles. The summed E-state index contributed by atoms with van der Waals surface area (Å²) in [5, 5.41) is 10.9. The van der Waals surface area contributed by atoms with Gasteiger partial charge in [-0.25, -0.2) is 0 Å². The highest BCUT2D eigenvalue weighted by Gasteiger charge is 2.15. The molecular weight excluding hydrogens is 334 g/mol. The van der Waals surface area contributed by atoms with E-state index in [1.807, 2.05) is 29.1 Å². The molecule has 0 fully saturated rings. The van der Waals surface area contributed by atoms with Crippen molar-refractivity contribution in [1.29, 1.82) is 0 Å². The number of nitro groups is 1. The van der Waals surface area contributed by atoms with Crippen LogP contribution in [0.4, 0.5) is 5.69 Å². The van der Waals surface area contributed by atoms with Crippen LogP contribution in [-0.2, 0) is 13.0 Å². The summed E-state index contributed by atoms with van der Waals surface area (Å²) in [5.74, 6) is 0. The van der Waals surface area contributed by atoms with E-state index < -0.39 is 0 Å². The molecule has 0 aliphatic heterocycles. The third-order valence-corrected chi connectivity index (χ3v) is 4.36. The standard InChI is InChI=1S/C15H18BrN3O2/c1-2-13(17)8-11-6-7-18(9-11)10-12-4-3-5-14(15(12)16)19(20)21/h3-7,9,13H,2,8,10,17H2,1H3. The molecule has 1 aromatic carbocycles. The molecule has 1 aromatic heterocycles. The Morgan fingerprint density at radius 3 is 2.86 bits per heavy atom. The summed E-state index contributed by atoms with van der Waals surface area (Å²) in [6.45, 7) is 2.66. The number of benzene rings is 1. The van der Waals surface area contributed by atoms with E-state index in [0.717, 1.165) is 18.4 Å². The highest BCUT2D eigenvalue weighted by molar-refractivity contribution is 9.10. The van der Waals surface area contributed by atoms with Crippen LogP contribution >= 0.6 is 15.9 Å². The molecule has 0 bridgehead atoms. The Bertz CT molecular complexity index is 640. The summed E-state index contributed by atoms with van der Waals surface area (Å²) in [6, 6.07) is 7.30. The van der Waals surface area contributed by atoms with Crippen molar-refractivity contribution in [1.82, 2.24) is 4.57 Å². The van der Waals surface area contributed by atoms with E-state index in [2.05, 4.69) is 22.9 Å². The van der Waals surface area contributed by atoms with Crippen molar-refractivity contribution in [3.8, 4) is 0 Å². The maximum Gasteiger partial charge on any atom is 0.283 e. The summed E-state index contributed by atoms with van der Waals surface area (Å²) in [5.41, 5.74) is 8.11. The molecule has 2 rings (SSSR count). The Hall–Kier alpha value is -1.66. The molecule has 0 amide bonds. The minimum Gasteiger partial charge on any atom is -0.350 e. The zero-order chi connectivity index (χ0) is 15.4. The van der Waals surface area contributed by atoms with Gasteiger partial charge in [0.25, 0.3) is 5.69 Å². The molecule has 5 nitrogen and oxygen atoms in total. The fraction of sp³-hybridized carbons (Fsp3) is 0.333. The average molecular weight is 352 g/mol. The zero-order valence-electron chi connectivity index (χ0n) is 11.8. The lowest BCUT2D eigenvalue weighted by molar-refractivity contribution is -0.385. The maximum absolute atomic E-state index is 10.9. The van der Waals surface area contributed by atoms with E-state index in [9.17, 15) is 10.1 Å². The van der Waals surface area contributed by atoms with Gasteiger partial charge in [-0.05, 0) is 46.0 Å². The molecule has 0 aliphatic carbocycles. The van der Waals surface area contributed by atoms with Crippen molar-refractivity contribution in [2.24, 2.45) is 5.73 Å². The lowest BCUT2D eigenvalue weighted by Crippen LogP contribution is -2.21. The van der Waals surface area contributed by atoms with Gasteiger partial charge in [0.2, 0.25) is 0 Å². The number of hydrogen-bond acceptors (Lipinski definition) is 3. The number of nitrogens with two attached hydrogens (primary N) is 1. The first kappa shape index (κ1) is 15.7. The minimum atomic E-state index is -0.380. The highest BCUT2D eigenvalue weighted by atomic mass is 79.9. The lowest BCUT2D eigenvalue weighted by atomic mass is 10.1. The Labute approximate surface area is 132 Å². The van der Waals surface area contributed by atoms with Crippen LogP contribution in [0.2, 0.25) is 0 Å². The summed E-state index contributed by atoms with van der Waals surface area (Å²) < 4.78 is 2.55. The molecule has 0 spiro atoms. The van der Waals surface area contributed by atoms with Crippen LogP contribution in [0, 0.1) is 10.1 Å². The molecule has 0 aliphatic rings. The van der Waals surface area contributed by atoms with Crippen LogP contribution in [0.1, 0.15) is 24.5 Å². The summed E-state index contributed by atoms with van der Waals surface area (Å²) in [7, 11) is 0. The van der Waals surface area contributed by atoms with E-state index in [-0.39, 0.29) is 16.7 Å². The van der Waals surface area contributed by atoms with Crippen molar-refractivity contribution in [3.05, 3.63) is 62.4 Å². The fourth-order valence-corrected chi connectivity index (χ4v) is 2.72. The van der Waals surface area contributed by atoms with Crippen molar-refractivity contribution >= 4 is 21.6 Å². The second-order valence-corrected chi connectivity index (χ2v) is 5.86. The van der Waals surface area contributed by atoms with Crippen LogP contribution < -0.4 is 5.73 Å². The Morgan fingerprint density at radius 2 is 2.19 bits per heavy atom. The molecule has 112 valence electrons. The number of nitro benzene ring substituents is 1. The number of nitrogens with zero attached hydrogens (tertiary/aromatic N) is 2. The van der Waals surface area contributed by atoms with Crippen LogP contribution in [0.3, 0.4) is 0 Å².